The second-order valence-electron chi connectivity index (χ2n) is 8.82. The Bertz CT molecular complexity index is 735. The van der Waals surface area contributed by atoms with Crippen molar-refractivity contribution in [3.8, 4) is 0 Å². The Hall–Kier alpha value is -2.13. The Kier molecular flexibility index (Phi) is 5.54. The van der Waals surface area contributed by atoms with E-state index in [4.69, 9.17) is 0 Å². The normalized spacial score (nSPS) is 24.9. The minimum Gasteiger partial charge on any atom is -0.355 e. The van der Waals surface area contributed by atoms with Gasteiger partial charge in [-0.3, -0.25) is 4.79 Å². The zero-order chi connectivity index (χ0) is 19.6. The number of carbonyl (C=O) groups is 1. The molecule has 2 fully saturated rings. The van der Waals surface area contributed by atoms with E-state index in [1.807, 2.05) is 0 Å². The highest BCUT2D eigenvalue weighted by molar-refractivity contribution is 5.73. The molecule has 1 unspecified atom stereocenters. The Balaban J connectivity index is 1.72. The lowest BCUT2D eigenvalue weighted by Crippen LogP contribution is -2.46. The summed E-state index contributed by atoms with van der Waals surface area (Å²) >= 11 is 0. The fourth-order valence-electron chi connectivity index (χ4n) is 5.65. The average Bonchev–Trinajstić information content (AvgIpc) is 2.93. The number of piperidine rings is 1. The number of hydrogen-bond donors (Lipinski definition) is 1. The topological polar surface area (TPSA) is 32.3 Å². The lowest BCUT2D eigenvalue weighted by molar-refractivity contribution is -0.119. The van der Waals surface area contributed by atoms with Crippen LogP contribution in [0.4, 0.5) is 0 Å². The summed E-state index contributed by atoms with van der Waals surface area (Å²) in [7, 11) is 2.30. The van der Waals surface area contributed by atoms with Crippen molar-refractivity contribution < 1.29 is 4.79 Å². The molecule has 1 N–H and O–H groups in total. The van der Waals surface area contributed by atoms with Crippen LogP contribution in [-0.2, 0) is 10.2 Å². The van der Waals surface area contributed by atoms with Crippen LogP contribution in [0.5, 0.6) is 0 Å². The van der Waals surface area contributed by atoms with E-state index < -0.39 is 0 Å². The zero-order valence-corrected chi connectivity index (χ0v) is 17.1. The first-order chi connectivity index (χ1) is 13.6. The number of rotatable bonds is 6. The third-order valence-corrected chi connectivity index (χ3v) is 7.12. The highest BCUT2D eigenvalue weighted by atomic mass is 16.1. The van der Waals surface area contributed by atoms with Gasteiger partial charge in [0.25, 0.3) is 0 Å². The number of fused-ring (bicyclic) bond motifs is 2. The lowest BCUT2D eigenvalue weighted by Gasteiger charge is -2.43. The van der Waals surface area contributed by atoms with Crippen LogP contribution in [0, 0.1) is 5.92 Å². The molecular weight excluding hydrogens is 344 g/mol. The molecule has 2 heterocycles. The molecule has 0 aromatic heterocycles. The number of amides is 1. The minimum absolute atomic E-state index is 0.0414. The molecule has 0 radical (unpaired) electrons. The van der Waals surface area contributed by atoms with Gasteiger partial charge in [-0.1, -0.05) is 60.7 Å². The van der Waals surface area contributed by atoms with Gasteiger partial charge >= 0.3 is 0 Å². The second-order valence-corrected chi connectivity index (χ2v) is 8.82. The van der Waals surface area contributed by atoms with Crippen LogP contribution >= 0.6 is 0 Å². The molecule has 3 atom stereocenters. The molecule has 4 rings (SSSR count). The highest BCUT2D eigenvalue weighted by Gasteiger charge is 2.43. The van der Waals surface area contributed by atoms with Crippen LogP contribution < -0.4 is 5.32 Å². The van der Waals surface area contributed by atoms with E-state index in [1.165, 1.54) is 36.8 Å². The van der Waals surface area contributed by atoms with Gasteiger partial charge in [0.1, 0.15) is 0 Å². The van der Waals surface area contributed by atoms with Crippen LogP contribution in [0.15, 0.2) is 60.7 Å². The molecule has 2 aromatic rings. The molecule has 2 aromatic carbocycles. The molecule has 0 spiro atoms. The molecule has 3 nitrogen and oxygen atoms in total. The summed E-state index contributed by atoms with van der Waals surface area (Å²) in [4.78, 5) is 14.5. The van der Waals surface area contributed by atoms with Gasteiger partial charge in [0.2, 0.25) is 5.91 Å². The van der Waals surface area contributed by atoms with E-state index in [-0.39, 0.29) is 11.3 Å². The Morgan fingerprint density at radius 1 is 0.964 bits per heavy atom. The molecule has 0 saturated carbocycles. The largest absolute Gasteiger partial charge is 0.355 e. The summed E-state index contributed by atoms with van der Waals surface area (Å²) in [5.41, 5.74) is 2.43. The summed E-state index contributed by atoms with van der Waals surface area (Å²) in [6.07, 6.45) is 6.31. The van der Waals surface area contributed by atoms with Crippen LogP contribution in [0.2, 0.25) is 0 Å². The third kappa shape index (κ3) is 3.73. The van der Waals surface area contributed by atoms with E-state index in [9.17, 15) is 4.79 Å². The van der Waals surface area contributed by atoms with Crippen LogP contribution in [0.3, 0.4) is 0 Å². The van der Waals surface area contributed by atoms with Crippen molar-refractivity contribution in [1.29, 1.82) is 0 Å². The van der Waals surface area contributed by atoms with E-state index in [1.54, 1.807) is 6.92 Å². The van der Waals surface area contributed by atoms with Crippen LogP contribution in [-0.4, -0.2) is 36.5 Å². The van der Waals surface area contributed by atoms with E-state index >= 15 is 0 Å². The van der Waals surface area contributed by atoms with Gasteiger partial charge < -0.3 is 10.2 Å². The van der Waals surface area contributed by atoms with Crippen LogP contribution in [0.25, 0.3) is 0 Å². The predicted octanol–water partition coefficient (Wildman–Crippen LogP) is 4.37. The average molecular weight is 377 g/mol. The van der Waals surface area contributed by atoms with Crippen LogP contribution in [0.1, 0.15) is 50.2 Å². The maximum absolute atomic E-state index is 11.9. The molecule has 2 saturated heterocycles. The smallest absolute Gasteiger partial charge is 0.216 e. The van der Waals surface area contributed by atoms with Crippen molar-refractivity contribution >= 4 is 5.91 Å². The van der Waals surface area contributed by atoms with Gasteiger partial charge in [0.05, 0.1) is 0 Å². The molecule has 2 aliphatic heterocycles. The minimum atomic E-state index is -0.186. The summed E-state index contributed by atoms with van der Waals surface area (Å²) in [6.45, 7) is 2.27. The van der Waals surface area contributed by atoms with E-state index in [2.05, 4.69) is 77.9 Å². The molecule has 3 heteroatoms. The van der Waals surface area contributed by atoms with Crippen molar-refractivity contribution in [2.45, 2.75) is 56.5 Å². The molecule has 28 heavy (non-hydrogen) atoms. The third-order valence-electron chi connectivity index (χ3n) is 7.12. The molecule has 2 bridgehead atoms. The van der Waals surface area contributed by atoms with Gasteiger partial charge in [-0.25, -0.2) is 0 Å². The fourth-order valence-corrected chi connectivity index (χ4v) is 5.65. The molecular formula is C25H32N2O. The van der Waals surface area contributed by atoms with Crippen molar-refractivity contribution in [3.63, 3.8) is 0 Å². The molecule has 2 aliphatic rings. The second kappa shape index (κ2) is 8.08. The quantitative estimate of drug-likeness (QED) is 0.812. The fraction of sp³-hybridized carbons (Fsp3) is 0.480. The van der Waals surface area contributed by atoms with Gasteiger partial charge in [-0.2, -0.15) is 0 Å². The summed E-state index contributed by atoms with van der Waals surface area (Å²) in [5.74, 6) is 0.725. The summed E-state index contributed by atoms with van der Waals surface area (Å²) in [6, 6.07) is 23.0. The lowest BCUT2D eigenvalue weighted by atomic mass is 9.67. The predicted molar refractivity (Wildman–Crippen MR) is 114 cm³/mol. The zero-order valence-electron chi connectivity index (χ0n) is 17.1. The van der Waals surface area contributed by atoms with E-state index in [0.717, 1.165) is 18.5 Å². The maximum Gasteiger partial charge on any atom is 0.216 e. The van der Waals surface area contributed by atoms with Crippen molar-refractivity contribution in [3.05, 3.63) is 71.8 Å². The first-order valence-corrected chi connectivity index (χ1v) is 10.7. The van der Waals surface area contributed by atoms with Gasteiger partial charge in [-0.15, -0.1) is 0 Å². The number of nitrogens with one attached hydrogen (secondary N) is 1. The Morgan fingerprint density at radius 3 is 1.93 bits per heavy atom. The number of benzene rings is 2. The molecule has 1 amide bonds. The van der Waals surface area contributed by atoms with Gasteiger partial charge in [0, 0.05) is 31.0 Å². The van der Waals surface area contributed by atoms with Crippen molar-refractivity contribution in [1.82, 2.24) is 10.2 Å². The van der Waals surface area contributed by atoms with E-state index in [0.29, 0.717) is 12.5 Å². The van der Waals surface area contributed by atoms with Crippen molar-refractivity contribution in [2.75, 3.05) is 13.6 Å². The first-order valence-electron chi connectivity index (χ1n) is 10.7. The molecule has 148 valence electrons. The number of carbonyl (C=O) groups excluding carboxylic acids is 1. The SMILES string of the molecule is CC(=O)NCC(CC1C[C@H]2CC[C@@H](C1)N2C)(c1ccccc1)c1ccccc1. The number of nitrogens with zero attached hydrogens (tertiary/aromatic N) is 1. The first kappa shape index (κ1) is 19.2. The monoisotopic (exact) mass is 376 g/mol. The standard InChI is InChI=1S/C25H32N2O/c1-19(28)26-18-25(21-9-5-3-6-10-21,22-11-7-4-8-12-22)17-20-15-23-13-14-24(16-20)27(23)2/h3-12,20,23-24H,13-18H2,1-2H3,(H,26,28)/t20?,23-,24+. The Labute approximate surface area is 169 Å². The summed E-state index contributed by atoms with van der Waals surface area (Å²) < 4.78 is 0. The summed E-state index contributed by atoms with van der Waals surface area (Å²) in [5, 5.41) is 3.17. The Morgan fingerprint density at radius 2 is 1.46 bits per heavy atom. The molecule has 0 aliphatic carbocycles. The number of hydrogen-bond acceptors (Lipinski definition) is 2. The van der Waals surface area contributed by atoms with Gasteiger partial charge in [0.15, 0.2) is 0 Å². The van der Waals surface area contributed by atoms with Crippen molar-refractivity contribution in [2.24, 2.45) is 5.92 Å². The highest BCUT2D eigenvalue weighted by Crippen LogP contribution is 2.45. The maximum atomic E-state index is 11.9. The van der Waals surface area contributed by atoms with Gasteiger partial charge in [-0.05, 0) is 56.2 Å².